The first-order valence-electron chi connectivity index (χ1n) is 9.39. The maximum absolute atomic E-state index is 13.1. The highest BCUT2D eigenvalue weighted by atomic mass is 32.2. The molecule has 2 heterocycles. The molecule has 2 rings (SSSR count). The lowest BCUT2D eigenvalue weighted by Gasteiger charge is -2.21. The molecule has 1 aliphatic rings. The number of nitrogens with zero attached hydrogens (tertiary/aromatic N) is 2. The van der Waals surface area contributed by atoms with Crippen LogP contribution >= 0.6 is 11.8 Å². The molecule has 1 aromatic rings. The van der Waals surface area contributed by atoms with Crippen molar-refractivity contribution < 1.29 is 5.11 Å². The van der Waals surface area contributed by atoms with Gasteiger partial charge in [-0.3, -0.25) is 4.79 Å². The van der Waals surface area contributed by atoms with Crippen molar-refractivity contribution in [3.05, 3.63) is 62.9 Å². The van der Waals surface area contributed by atoms with Crippen molar-refractivity contribution in [2.45, 2.75) is 53.0 Å². The smallest absolute Gasteiger partial charge is 0.279 e. The monoisotopic (exact) mass is 387 g/mol. The first-order chi connectivity index (χ1) is 12.9. The Hall–Kier alpha value is -2.21. The fraction of sp³-hybridized carbons (Fsp3) is 0.429. The van der Waals surface area contributed by atoms with E-state index in [1.54, 1.807) is 12.2 Å². The average molecular weight is 388 g/mol. The Morgan fingerprint density at radius 2 is 2.11 bits per heavy atom. The molecule has 27 heavy (non-hydrogen) atoms. The second kappa shape index (κ2) is 9.65. The largest absolute Gasteiger partial charge is 0.505 e. The van der Waals surface area contributed by atoms with Crippen molar-refractivity contribution in [1.82, 2.24) is 15.1 Å². The summed E-state index contributed by atoms with van der Waals surface area (Å²) in [5.41, 5.74) is 1.91. The van der Waals surface area contributed by atoms with E-state index in [1.165, 1.54) is 16.4 Å². The highest BCUT2D eigenvalue weighted by Gasteiger charge is 2.23. The fourth-order valence-electron chi connectivity index (χ4n) is 2.75. The van der Waals surface area contributed by atoms with Crippen LogP contribution in [0.5, 0.6) is 5.75 Å². The SMILES string of the molecule is C=CC1=C(C=C)SC=C(c2c(O)c(CCCC)nn(CCC(C)C)c2=O)N1. The topological polar surface area (TPSA) is 67.2 Å². The van der Waals surface area contributed by atoms with Gasteiger partial charge < -0.3 is 10.4 Å². The molecule has 1 aromatic heterocycles. The third-order valence-corrected chi connectivity index (χ3v) is 5.38. The minimum atomic E-state index is -0.279. The Morgan fingerprint density at radius 1 is 1.37 bits per heavy atom. The lowest BCUT2D eigenvalue weighted by atomic mass is 10.1. The minimum absolute atomic E-state index is 0.0286. The summed E-state index contributed by atoms with van der Waals surface area (Å²) in [6.07, 6.45) is 6.81. The van der Waals surface area contributed by atoms with E-state index >= 15 is 0 Å². The molecule has 0 saturated heterocycles. The molecule has 2 N–H and O–H groups in total. The molecule has 0 bridgehead atoms. The summed E-state index contributed by atoms with van der Waals surface area (Å²) in [5.74, 6) is 0.433. The number of aryl methyl sites for hydroxylation is 2. The number of unbranched alkanes of at least 4 members (excludes halogenated alkanes) is 1. The van der Waals surface area contributed by atoms with Crippen molar-refractivity contribution in [2.75, 3.05) is 0 Å². The molecule has 5 nitrogen and oxygen atoms in total. The Labute approximate surface area is 165 Å². The van der Waals surface area contributed by atoms with Gasteiger partial charge in [-0.25, -0.2) is 4.68 Å². The molecule has 0 fully saturated rings. The van der Waals surface area contributed by atoms with Crippen LogP contribution in [0.2, 0.25) is 0 Å². The molecule has 0 aliphatic carbocycles. The van der Waals surface area contributed by atoms with E-state index in [-0.39, 0.29) is 16.9 Å². The number of thioether (sulfide) groups is 1. The van der Waals surface area contributed by atoms with Crippen molar-refractivity contribution in [2.24, 2.45) is 5.92 Å². The van der Waals surface area contributed by atoms with Gasteiger partial charge in [0.2, 0.25) is 0 Å². The van der Waals surface area contributed by atoms with Gasteiger partial charge in [-0.2, -0.15) is 5.10 Å². The van der Waals surface area contributed by atoms with Crippen LogP contribution in [0.15, 0.2) is 46.1 Å². The normalized spacial score (nSPS) is 14.1. The van der Waals surface area contributed by atoms with Gasteiger partial charge in [-0.05, 0) is 31.3 Å². The van der Waals surface area contributed by atoms with Crippen LogP contribution < -0.4 is 10.9 Å². The van der Waals surface area contributed by atoms with Gasteiger partial charge in [0, 0.05) is 16.9 Å². The quantitative estimate of drug-likeness (QED) is 0.650. The molecule has 6 heteroatoms. The van der Waals surface area contributed by atoms with Gasteiger partial charge in [-0.15, -0.1) is 0 Å². The van der Waals surface area contributed by atoms with E-state index < -0.39 is 0 Å². The molecule has 0 atom stereocenters. The van der Waals surface area contributed by atoms with E-state index in [9.17, 15) is 9.90 Å². The molecule has 0 radical (unpaired) electrons. The summed E-state index contributed by atoms with van der Waals surface area (Å²) < 4.78 is 1.49. The number of aromatic nitrogens is 2. The molecule has 0 aromatic carbocycles. The van der Waals surface area contributed by atoms with Gasteiger partial charge in [0.1, 0.15) is 11.3 Å². The Bertz CT molecular complexity index is 835. The van der Waals surface area contributed by atoms with Crippen molar-refractivity contribution >= 4 is 17.5 Å². The summed E-state index contributed by atoms with van der Waals surface area (Å²) in [4.78, 5) is 14.0. The maximum Gasteiger partial charge on any atom is 0.279 e. The van der Waals surface area contributed by atoms with Gasteiger partial charge >= 0.3 is 0 Å². The van der Waals surface area contributed by atoms with Crippen LogP contribution in [0, 0.1) is 5.92 Å². The number of aromatic hydroxyl groups is 1. The number of hydrogen-bond acceptors (Lipinski definition) is 5. The van der Waals surface area contributed by atoms with E-state index in [0.29, 0.717) is 30.3 Å². The number of rotatable bonds is 9. The third-order valence-electron chi connectivity index (χ3n) is 4.38. The van der Waals surface area contributed by atoms with Crippen LogP contribution in [-0.2, 0) is 13.0 Å². The highest BCUT2D eigenvalue weighted by molar-refractivity contribution is 8.06. The maximum atomic E-state index is 13.1. The zero-order valence-electron chi connectivity index (χ0n) is 16.4. The number of nitrogens with one attached hydrogen (secondary N) is 1. The zero-order valence-corrected chi connectivity index (χ0v) is 17.2. The molecular weight excluding hydrogens is 358 g/mol. The van der Waals surface area contributed by atoms with Crippen LogP contribution in [-0.4, -0.2) is 14.9 Å². The average Bonchev–Trinajstić information content (AvgIpc) is 2.66. The third kappa shape index (κ3) is 4.95. The van der Waals surface area contributed by atoms with E-state index in [4.69, 9.17) is 0 Å². The van der Waals surface area contributed by atoms with Crippen LogP contribution in [0.1, 0.15) is 51.3 Å². The lowest BCUT2D eigenvalue weighted by Crippen LogP contribution is -2.30. The number of allylic oxidation sites excluding steroid dienone is 2. The number of hydrogen-bond donors (Lipinski definition) is 2. The summed E-state index contributed by atoms with van der Waals surface area (Å²) in [6.45, 7) is 14.5. The van der Waals surface area contributed by atoms with Gasteiger partial charge in [0.25, 0.3) is 5.56 Å². The van der Waals surface area contributed by atoms with Crippen molar-refractivity contribution in [3.63, 3.8) is 0 Å². The van der Waals surface area contributed by atoms with Crippen LogP contribution in [0.3, 0.4) is 0 Å². The molecule has 0 unspecified atom stereocenters. The predicted octanol–water partition coefficient (Wildman–Crippen LogP) is 4.56. The molecule has 0 amide bonds. The molecule has 0 saturated carbocycles. The Balaban J connectivity index is 2.52. The lowest BCUT2D eigenvalue weighted by molar-refractivity contribution is 0.426. The Morgan fingerprint density at radius 3 is 2.70 bits per heavy atom. The van der Waals surface area contributed by atoms with E-state index in [1.807, 2.05) is 5.41 Å². The first-order valence-corrected chi connectivity index (χ1v) is 10.3. The van der Waals surface area contributed by atoms with E-state index in [2.05, 4.69) is 44.3 Å². The molecule has 0 spiro atoms. The van der Waals surface area contributed by atoms with Gasteiger partial charge in [0.15, 0.2) is 5.75 Å². The van der Waals surface area contributed by atoms with Crippen molar-refractivity contribution in [1.29, 1.82) is 0 Å². The Kier molecular flexibility index (Phi) is 7.54. The van der Waals surface area contributed by atoms with Gasteiger partial charge in [-0.1, -0.05) is 58.2 Å². The zero-order chi connectivity index (χ0) is 20.0. The predicted molar refractivity (Wildman–Crippen MR) is 114 cm³/mol. The fourth-order valence-corrected chi connectivity index (χ4v) is 3.53. The summed E-state index contributed by atoms with van der Waals surface area (Å²) in [7, 11) is 0. The first kappa shape index (κ1) is 21.1. The minimum Gasteiger partial charge on any atom is -0.505 e. The second-order valence-corrected chi connectivity index (χ2v) is 7.86. The summed E-state index contributed by atoms with van der Waals surface area (Å²) in [6, 6.07) is 0. The van der Waals surface area contributed by atoms with Crippen molar-refractivity contribution in [3.8, 4) is 5.75 Å². The summed E-state index contributed by atoms with van der Waals surface area (Å²) >= 11 is 1.45. The second-order valence-electron chi connectivity index (χ2n) is 6.95. The summed E-state index contributed by atoms with van der Waals surface area (Å²) in [5, 5.41) is 20.3. The highest BCUT2D eigenvalue weighted by Crippen LogP contribution is 2.34. The van der Waals surface area contributed by atoms with Crippen LogP contribution in [0.4, 0.5) is 0 Å². The standard InChI is InChI=1S/C21H29N3O2S/c1-6-9-10-16-20(25)19(21(26)24(23-16)12-11-14(4)5)17-13-27-18(8-3)15(7-2)22-17/h7-8,13-14,22,25H,2-3,6,9-12H2,1,4-5H3. The molecule has 146 valence electrons. The molecular formula is C21H29N3O2S. The van der Waals surface area contributed by atoms with Gasteiger partial charge in [0.05, 0.1) is 11.4 Å². The molecule has 1 aliphatic heterocycles. The van der Waals surface area contributed by atoms with E-state index in [0.717, 1.165) is 29.9 Å². The van der Waals surface area contributed by atoms with Crippen LogP contribution in [0.25, 0.3) is 5.70 Å².